The number of hydrogen-bond acceptors (Lipinski definition) is 4. The maximum atomic E-state index is 10.0. The van der Waals surface area contributed by atoms with Crippen molar-refractivity contribution in [2.75, 3.05) is 13.2 Å². The highest BCUT2D eigenvalue weighted by Crippen LogP contribution is 2.31. The molecule has 5 heteroatoms. The van der Waals surface area contributed by atoms with E-state index in [1.54, 1.807) is 12.1 Å². The standard InChI is InChI=1S/C7H6O.C4H11O3P/c8-6-7-4-2-1-3-5-7;1-3-6-8(5)7-4-2/h1-6H;5H,3-4H2,1-2H3. The first-order valence-corrected chi connectivity index (χ1v) is 6.12. The topological polar surface area (TPSA) is 55.8 Å². The van der Waals surface area contributed by atoms with Crippen molar-refractivity contribution < 1.29 is 18.7 Å². The van der Waals surface area contributed by atoms with E-state index in [9.17, 15) is 4.79 Å². The van der Waals surface area contributed by atoms with Crippen molar-refractivity contribution >= 4 is 14.9 Å². The van der Waals surface area contributed by atoms with E-state index in [2.05, 4.69) is 9.05 Å². The van der Waals surface area contributed by atoms with Gasteiger partial charge in [-0.05, 0) is 13.8 Å². The van der Waals surface area contributed by atoms with Crippen LogP contribution in [0.4, 0.5) is 0 Å². The van der Waals surface area contributed by atoms with E-state index in [1.165, 1.54) is 0 Å². The van der Waals surface area contributed by atoms with Crippen LogP contribution in [0, 0.1) is 0 Å². The maximum Gasteiger partial charge on any atom is 0.329 e. The lowest BCUT2D eigenvalue weighted by Gasteiger charge is -2.05. The molecule has 90 valence electrons. The fraction of sp³-hybridized carbons (Fsp3) is 0.364. The number of rotatable bonds is 5. The van der Waals surface area contributed by atoms with Gasteiger partial charge in [0.1, 0.15) is 6.29 Å². The summed E-state index contributed by atoms with van der Waals surface area (Å²) in [7, 11) is -1.58. The molecule has 0 amide bonds. The number of benzene rings is 1. The van der Waals surface area contributed by atoms with E-state index in [0.717, 1.165) is 11.8 Å². The second-order valence-electron chi connectivity index (χ2n) is 2.60. The zero-order valence-electron chi connectivity index (χ0n) is 9.50. The molecule has 16 heavy (non-hydrogen) atoms. The highest BCUT2D eigenvalue weighted by molar-refractivity contribution is 7.40. The molecule has 1 N–H and O–H groups in total. The van der Waals surface area contributed by atoms with Crippen LogP contribution in [0.5, 0.6) is 0 Å². The Balaban J connectivity index is 0.000000281. The van der Waals surface area contributed by atoms with E-state index in [-0.39, 0.29) is 0 Å². The van der Waals surface area contributed by atoms with Gasteiger partial charge in [-0.2, -0.15) is 0 Å². The SMILES string of the molecule is CCOP(O)OCC.O=Cc1ccccc1. The van der Waals surface area contributed by atoms with Crippen molar-refractivity contribution in [2.45, 2.75) is 13.8 Å². The molecule has 0 aliphatic heterocycles. The van der Waals surface area contributed by atoms with Crippen molar-refractivity contribution in [3.63, 3.8) is 0 Å². The van der Waals surface area contributed by atoms with Gasteiger partial charge in [0, 0.05) is 5.56 Å². The second-order valence-corrected chi connectivity index (χ2v) is 3.59. The molecule has 0 spiro atoms. The van der Waals surface area contributed by atoms with Gasteiger partial charge < -0.3 is 13.9 Å². The summed E-state index contributed by atoms with van der Waals surface area (Å²) in [6.45, 7) is 4.62. The van der Waals surface area contributed by atoms with Crippen molar-refractivity contribution in [2.24, 2.45) is 0 Å². The first kappa shape index (κ1) is 15.2. The van der Waals surface area contributed by atoms with E-state index in [4.69, 9.17) is 4.89 Å². The third kappa shape index (κ3) is 8.50. The van der Waals surface area contributed by atoms with Crippen molar-refractivity contribution in [1.29, 1.82) is 0 Å². The van der Waals surface area contributed by atoms with E-state index in [0.29, 0.717) is 13.2 Å². The number of carbonyl (C=O) groups excluding carboxylic acids is 1. The molecule has 4 nitrogen and oxygen atoms in total. The lowest BCUT2D eigenvalue weighted by atomic mass is 10.2. The van der Waals surface area contributed by atoms with Gasteiger partial charge in [-0.1, -0.05) is 30.3 Å². The van der Waals surface area contributed by atoms with E-state index in [1.807, 2.05) is 32.0 Å². The van der Waals surface area contributed by atoms with Crippen molar-refractivity contribution in [3.8, 4) is 0 Å². The monoisotopic (exact) mass is 244 g/mol. The average molecular weight is 244 g/mol. The molecular formula is C11H17O4P. The van der Waals surface area contributed by atoms with Crippen LogP contribution >= 0.6 is 8.60 Å². The average Bonchev–Trinajstić information content (AvgIpc) is 2.32. The summed E-state index contributed by atoms with van der Waals surface area (Å²) in [5.74, 6) is 0. The van der Waals surface area contributed by atoms with Gasteiger partial charge in [-0.25, -0.2) is 0 Å². The van der Waals surface area contributed by atoms with Crippen molar-refractivity contribution in [1.82, 2.24) is 0 Å². The Kier molecular flexibility index (Phi) is 10.2. The third-order valence-corrected chi connectivity index (χ3v) is 2.37. The Labute approximate surface area is 97.2 Å². The van der Waals surface area contributed by atoms with Gasteiger partial charge in [0.25, 0.3) is 0 Å². The maximum absolute atomic E-state index is 10.0. The Morgan fingerprint density at radius 1 is 1.19 bits per heavy atom. The Morgan fingerprint density at radius 2 is 1.69 bits per heavy atom. The summed E-state index contributed by atoms with van der Waals surface area (Å²) in [5, 5.41) is 0. The fourth-order valence-electron chi connectivity index (χ4n) is 0.790. The van der Waals surface area contributed by atoms with Gasteiger partial charge in [0.15, 0.2) is 0 Å². The minimum atomic E-state index is -1.58. The molecule has 0 radical (unpaired) electrons. The largest absolute Gasteiger partial charge is 0.329 e. The summed E-state index contributed by atoms with van der Waals surface area (Å²) >= 11 is 0. The van der Waals surface area contributed by atoms with Crippen LogP contribution in [0.1, 0.15) is 24.2 Å². The molecule has 0 unspecified atom stereocenters. The zero-order chi connectivity index (χ0) is 12.2. The fourth-order valence-corrected chi connectivity index (χ4v) is 1.31. The summed E-state index contributed by atoms with van der Waals surface area (Å²) in [5.41, 5.74) is 0.729. The molecule has 1 rings (SSSR count). The number of hydrogen-bond donors (Lipinski definition) is 1. The van der Waals surface area contributed by atoms with Crippen LogP contribution in [0.3, 0.4) is 0 Å². The molecule has 0 fully saturated rings. The Hall–Kier alpha value is -0.800. The van der Waals surface area contributed by atoms with Crippen LogP contribution in [0.2, 0.25) is 0 Å². The predicted molar refractivity (Wildman–Crippen MR) is 64.2 cm³/mol. The van der Waals surface area contributed by atoms with Crippen LogP contribution in [0.15, 0.2) is 30.3 Å². The zero-order valence-corrected chi connectivity index (χ0v) is 10.4. The number of aldehydes is 1. The quantitative estimate of drug-likeness (QED) is 0.639. The Morgan fingerprint density at radius 3 is 2.00 bits per heavy atom. The summed E-state index contributed by atoms with van der Waals surface area (Å²) in [4.78, 5) is 18.7. The van der Waals surface area contributed by atoms with E-state index < -0.39 is 8.60 Å². The van der Waals surface area contributed by atoms with Crippen LogP contribution in [-0.2, 0) is 9.05 Å². The minimum absolute atomic E-state index is 0.502. The molecule has 0 saturated carbocycles. The van der Waals surface area contributed by atoms with Gasteiger partial charge in [0.2, 0.25) is 0 Å². The second kappa shape index (κ2) is 10.7. The molecule has 0 heterocycles. The molecule has 1 aromatic carbocycles. The Bertz CT molecular complexity index is 260. The molecule has 0 bridgehead atoms. The normalized spacial score (nSPS) is 9.50. The molecule has 0 aliphatic carbocycles. The van der Waals surface area contributed by atoms with Gasteiger partial charge >= 0.3 is 8.60 Å². The summed E-state index contributed by atoms with van der Waals surface area (Å²) < 4.78 is 9.36. The summed E-state index contributed by atoms with van der Waals surface area (Å²) in [6, 6.07) is 9.10. The molecule has 0 saturated heterocycles. The first-order valence-electron chi connectivity index (χ1n) is 4.99. The van der Waals surface area contributed by atoms with Gasteiger partial charge in [-0.3, -0.25) is 4.79 Å². The molecule has 0 aromatic heterocycles. The highest BCUT2D eigenvalue weighted by Gasteiger charge is 2.00. The van der Waals surface area contributed by atoms with Crippen LogP contribution < -0.4 is 0 Å². The summed E-state index contributed by atoms with van der Waals surface area (Å²) in [6.07, 6.45) is 0.833. The lowest BCUT2D eigenvalue weighted by Crippen LogP contribution is -1.87. The number of carbonyl (C=O) groups is 1. The van der Waals surface area contributed by atoms with Crippen LogP contribution in [0.25, 0.3) is 0 Å². The highest BCUT2D eigenvalue weighted by atomic mass is 31.2. The molecular weight excluding hydrogens is 227 g/mol. The van der Waals surface area contributed by atoms with Gasteiger partial charge in [-0.15, -0.1) is 0 Å². The molecule has 0 atom stereocenters. The van der Waals surface area contributed by atoms with Crippen LogP contribution in [-0.4, -0.2) is 24.4 Å². The van der Waals surface area contributed by atoms with E-state index >= 15 is 0 Å². The van der Waals surface area contributed by atoms with Crippen molar-refractivity contribution in [3.05, 3.63) is 35.9 Å². The minimum Gasteiger partial charge on any atom is -0.328 e. The lowest BCUT2D eigenvalue weighted by molar-refractivity contribution is 0.112. The molecule has 0 aliphatic rings. The third-order valence-electron chi connectivity index (χ3n) is 1.41. The molecule has 1 aromatic rings. The smallest absolute Gasteiger partial charge is 0.328 e. The predicted octanol–water partition coefficient (Wildman–Crippen LogP) is 2.78. The first-order chi connectivity index (χ1) is 7.74. The van der Waals surface area contributed by atoms with Gasteiger partial charge in [0.05, 0.1) is 13.2 Å².